The molecule has 2 aliphatic rings. The number of fused-ring (bicyclic) bond motifs is 2. The van der Waals surface area contributed by atoms with Crippen LogP contribution < -0.4 is 0 Å². The zero-order chi connectivity index (χ0) is 30.0. The number of hydrogen-bond acceptors (Lipinski definition) is 0. The Morgan fingerprint density at radius 2 is 0.625 bits per heavy atom. The maximum absolute atomic E-state index is 15.9. The monoisotopic (exact) mass is 594 g/mol. The minimum Gasteiger partial charge on any atom is -0.225 e. The molecule has 0 N–H and O–H groups in total. The summed E-state index contributed by atoms with van der Waals surface area (Å²) < 4.78 is 231. The first-order chi connectivity index (χ1) is 18.5. The number of alkyl halides is 2. The molecule has 210 valence electrons. The second kappa shape index (κ2) is 8.27. The van der Waals surface area contributed by atoms with E-state index in [-0.39, 0.29) is 12.1 Å². The van der Waals surface area contributed by atoms with Crippen molar-refractivity contribution in [3.8, 4) is 0 Å². The fourth-order valence-electron chi connectivity index (χ4n) is 4.65. The zero-order valence-corrected chi connectivity index (χ0v) is 18.2. The molecule has 2 atom stereocenters. The average Bonchev–Trinajstić information content (AvgIpc) is 3.25. The Morgan fingerprint density at radius 1 is 0.350 bits per heavy atom. The van der Waals surface area contributed by atoms with Crippen LogP contribution in [0.4, 0.5) is 70.2 Å². The highest BCUT2D eigenvalue weighted by molar-refractivity contribution is 5.78. The average molecular weight is 594 g/mol. The molecule has 0 heterocycles. The molecule has 0 nitrogen and oxygen atoms in total. The van der Waals surface area contributed by atoms with Gasteiger partial charge in [-0.05, 0) is 0 Å². The highest BCUT2D eigenvalue weighted by Gasteiger charge is 2.59. The van der Waals surface area contributed by atoms with Crippen LogP contribution in [0, 0.1) is 58.2 Å². The van der Waals surface area contributed by atoms with Gasteiger partial charge in [0.25, 0.3) is 0 Å². The molecular formula is C24H2F16. The van der Waals surface area contributed by atoms with Gasteiger partial charge >= 0.3 is 0 Å². The van der Waals surface area contributed by atoms with Gasteiger partial charge in [0, 0.05) is 11.1 Å². The summed E-state index contributed by atoms with van der Waals surface area (Å²) in [5.74, 6) is -39.6. The first-order valence-electron chi connectivity index (χ1n) is 10.2. The Bertz CT molecular complexity index is 1640. The third kappa shape index (κ3) is 2.90. The molecule has 0 aliphatic heterocycles. The third-order valence-corrected chi connectivity index (χ3v) is 6.48. The quantitative estimate of drug-likeness (QED) is 0.158. The summed E-state index contributed by atoms with van der Waals surface area (Å²) in [5.41, 5.74) is -23.4. The molecule has 0 fully saturated rings. The van der Waals surface area contributed by atoms with Crippen LogP contribution in [-0.2, 0) is 11.3 Å². The van der Waals surface area contributed by atoms with Crippen LogP contribution in [0.2, 0.25) is 0 Å². The highest BCUT2D eigenvalue weighted by Crippen LogP contribution is 2.58. The molecule has 0 saturated heterocycles. The highest BCUT2D eigenvalue weighted by atomic mass is 19.2. The van der Waals surface area contributed by atoms with E-state index in [1.54, 1.807) is 0 Å². The van der Waals surface area contributed by atoms with Crippen molar-refractivity contribution in [1.82, 2.24) is 0 Å². The summed E-state index contributed by atoms with van der Waals surface area (Å²) >= 11 is 0. The van der Waals surface area contributed by atoms with Crippen LogP contribution in [0.1, 0.15) is 33.4 Å². The van der Waals surface area contributed by atoms with E-state index in [1.165, 1.54) is 0 Å². The lowest BCUT2D eigenvalue weighted by molar-refractivity contribution is 0.204. The van der Waals surface area contributed by atoms with E-state index in [0.29, 0.717) is 0 Å². The molecule has 0 spiro atoms. The predicted octanol–water partition coefficient (Wildman–Crippen LogP) is 8.75. The molecule has 5 rings (SSSR count). The summed E-state index contributed by atoms with van der Waals surface area (Å²) in [7, 11) is 0. The number of halogens is 16. The van der Waals surface area contributed by atoms with Gasteiger partial charge in [0.05, 0.1) is 22.3 Å². The van der Waals surface area contributed by atoms with E-state index in [9.17, 15) is 52.7 Å². The molecule has 0 bridgehead atoms. The Morgan fingerprint density at radius 3 is 0.925 bits per heavy atom. The first kappa shape index (κ1) is 27.6. The van der Waals surface area contributed by atoms with Crippen molar-refractivity contribution in [3.63, 3.8) is 0 Å². The number of benzene rings is 3. The van der Waals surface area contributed by atoms with Crippen LogP contribution in [0.5, 0.6) is 0 Å². The van der Waals surface area contributed by atoms with E-state index < -0.39 is 126 Å². The lowest BCUT2D eigenvalue weighted by Gasteiger charge is -2.26. The van der Waals surface area contributed by atoms with Crippen molar-refractivity contribution in [3.05, 3.63) is 115 Å². The second-order valence-electron chi connectivity index (χ2n) is 8.37. The zero-order valence-electron chi connectivity index (χ0n) is 18.2. The Kier molecular flexibility index (Phi) is 5.70. The Labute approximate surface area is 209 Å². The van der Waals surface area contributed by atoms with Crippen LogP contribution in [0.25, 0.3) is 11.7 Å². The largest absolute Gasteiger partial charge is 0.225 e. The van der Waals surface area contributed by atoms with E-state index >= 15 is 17.6 Å². The summed E-state index contributed by atoms with van der Waals surface area (Å²) in [6.07, 6.45) is 0. The number of allylic oxidation sites excluding steroid dienone is 2. The van der Waals surface area contributed by atoms with Gasteiger partial charge < -0.3 is 0 Å². The van der Waals surface area contributed by atoms with Gasteiger partial charge in [-0.15, -0.1) is 0 Å². The fraction of sp³-hybridized carbons (Fsp3) is 0.0833. The van der Waals surface area contributed by atoms with Crippen LogP contribution in [-0.4, -0.2) is 0 Å². The van der Waals surface area contributed by atoms with Crippen LogP contribution in [0.3, 0.4) is 0 Å². The van der Waals surface area contributed by atoms with Crippen molar-refractivity contribution >= 4 is 11.7 Å². The van der Waals surface area contributed by atoms with Gasteiger partial charge in [0.1, 0.15) is 0 Å². The molecular weight excluding hydrogens is 592 g/mol. The summed E-state index contributed by atoms with van der Waals surface area (Å²) in [6.45, 7) is 0. The lowest BCUT2D eigenvalue weighted by atomic mass is 9.83. The van der Waals surface area contributed by atoms with Gasteiger partial charge in [0.2, 0.25) is 11.3 Å². The van der Waals surface area contributed by atoms with Crippen LogP contribution in [0.15, 0.2) is 23.8 Å². The normalized spacial score (nSPS) is 22.0. The molecule has 0 saturated carbocycles. The van der Waals surface area contributed by atoms with Gasteiger partial charge in [-0.2, -0.15) is 0 Å². The van der Waals surface area contributed by atoms with Gasteiger partial charge in [-0.25, -0.2) is 70.2 Å². The third-order valence-electron chi connectivity index (χ3n) is 6.48. The standard InChI is InChI=1S/C24H2F16/c25-9-3(23(39)7-5(13(29)21(23)37)11(27)17(33)19(35)15(7)31)1-2-4(10(9)26)24(40)8-6(14(30)22(24)38)12(28)18(34)20(36)16(8)32/h1-2H. The van der Waals surface area contributed by atoms with Crippen molar-refractivity contribution < 1.29 is 70.2 Å². The summed E-state index contributed by atoms with van der Waals surface area (Å²) in [5, 5.41) is 0. The lowest BCUT2D eigenvalue weighted by Crippen LogP contribution is -2.29. The molecule has 2 aliphatic carbocycles. The maximum atomic E-state index is 15.9. The smallest absolute Gasteiger partial charge is 0.221 e. The Hall–Kier alpha value is -3.98. The summed E-state index contributed by atoms with van der Waals surface area (Å²) in [6, 6.07) is -0.653. The maximum Gasteiger partial charge on any atom is 0.221 e. The van der Waals surface area contributed by atoms with Crippen molar-refractivity contribution in [2.75, 3.05) is 0 Å². The molecule has 3 aromatic rings. The molecule has 40 heavy (non-hydrogen) atoms. The first-order valence-corrected chi connectivity index (χ1v) is 10.2. The molecule has 16 heteroatoms. The van der Waals surface area contributed by atoms with E-state index in [2.05, 4.69) is 0 Å². The summed E-state index contributed by atoms with van der Waals surface area (Å²) in [4.78, 5) is 0. The van der Waals surface area contributed by atoms with Crippen LogP contribution >= 0.6 is 0 Å². The predicted molar refractivity (Wildman–Crippen MR) is 101 cm³/mol. The van der Waals surface area contributed by atoms with E-state index in [4.69, 9.17) is 0 Å². The van der Waals surface area contributed by atoms with Crippen molar-refractivity contribution in [2.45, 2.75) is 11.3 Å². The molecule has 0 aromatic heterocycles. The minimum atomic E-state index is -4.84. The minimum absolute atomic E-state index is 0.326. The molecule has 2 unspecified atom stereocenters. The Balaban J connectivity index is 1.82. The van der Waals surface area contributed by atoms with Gasteiger partial charge in [-0.3, -0.25) is 0 Å². The van der Waals surface area contributed by atoms with E-state index in [1.807, 2.05) is 0 Å². The topological polar surface area (TPSA) is 0 Å². The molecule has 3 aromatic carbocycles. The fourth-order valence-corrected chi connectivity index (χ4v) is 4.65. The van der Waals surface area contributed by atoms with Gasteiger partial charge in [-0.1, -0.05) is 12.1 Å². The SMILES string of the molecule is FC1=C(F)C(F)(c2ccc(C3(F)C(F)=C(F)c4c(F)c(F)c(F)c(F)c43)c(F)c2F)c2c(F)c(F)c(F)c(F)c21. The number of rotatable bonds is 2. The number of hydrogen-bond donors (Lipinski definition) is 0. The molecule has 0 amide bonds. The van der Waals surface area contributed by atoms with Crippen molar-refractivity contribution in [2.24, 2.45) is 0 Å². The second-order valence-corrected chi connectivity index (χ2v) is 8.37. The molecule has 0 radical (unpaired) electrons. The van der Waals surface area contributed by atoms with Crippen molar-refractivity contribution in [1.29, 1.82) is 0 Å². The van der Waals surface area contributed by atoms with E-state index in [0.717, 1.165) is 0 Å². The van der Waals surface area contributed by atoms with Gasteiger partial charge in [0.15, 0.2) is 81.5 Å².